The Morgan fingerprint density at radius 3 is 2.19 bits per heavy atom. The number of nitrogens with zero attached hydrogens (tertiary/aromatic N) is 3. The molecule has 0 bridgehead atoms. The zero-order valence-electron chi connectivity index (χ0n) is 17.8. The summed E-state index contributed by atoms with van der Waals surface area (Å²) < 4.78 is 41.1. The van der Waals surface area contributed by atoms with Gasteiger partial charge in [0.25, 0.3) is 0 Å². The largest absolute Gasteiger partial charge is 0.366 e. The molecule has 2 aliphatic rings. The molecule has 0 aliphatic carbocycles. The third kappa shape index (κ3) is 5.24. The summed E-state index contributed by atoms with van der Waals surface area (Å²) >= 11 is 5.87. The van der Waals surface area contributed by atoms with E-state index in [9.17, 15) is 17.6 Å². The number of sulfonamides is 1. The summed E-state index contributed by atoms with van der Waals surface area (Å²) in [5.74, 6) is -0.412. The summed E-state index contributed by atoms with van der Waals surface area (Å²) in [6.45, 7) is 2.95. The highest BCUT2D eigenvalue weighted by Crippen LogP contribution is 2.25. The van der Waals surface area contributed by atoms with Crippen molar-refractivity contribution in [2.75, 3.05) is 44.2 Å². The molecule has 1 amide bonds. The van der Waals surface area contributed by atoms with E-state index in [1.54, 1.807) is 36.4 Å². The van der Waals surface area contributed by atoms with Crippen LogP contribution < -0.4 is 4.90 Å². The summed E-state index contributed by atoms with van der Waals surface area (Å²) in [6, 6.07) is 13.5. The van der Waals surface area contributed by atoms with Crippen LogP contribution in [-0.2, 0) is 20.6 Å². The number of anilines is 1. The molecule has 172 valence electrons. The van der Waals surface area contributed by atoms with Gasteiger partial charge in [-0.15, -0.1) is 0 Å². The molecule has 2 heterocycles. The fraction of sp³-hybridized carbons (Fsp3) is 0.435. The first-order valence-electron chi connectivity index (χ1n) is 10.8. The smallest absolute Gasteiger partial charge is 0.225 e. The second kappa shape index (κ2) is 9.77. The average Bonchev–Trinajstić information content (AvgIpc) is 2.80. The fourth-order valence-electron chi connectivity index (χ4n) is 4.40. The zero-order chi connectivity index (χ0) is 22.7. The number of hydrogen-bond acceptors (Lipinski definition) is 4. The quantitative estimate of drug-likeness (QED) is 0.659. The van der Waals surface area contributed by atoms with Crippen molar-refractivity contribution >= 4 is 33.2 Å². The summed E-state index contributed by atoms with van der Waals surface area (Å²) in [5, 5.41) is 0.570. The molecule has 6 nitrogen and oxygen atoms in total. The van der Waals surface area contributed by atoms with E-state index in [4.69, 9.17) is 11.6 Å². The molecule has 0 saturated carbocycles. The van der Waals surface area contributed by atoms with Gasteiger partial charge in [0.2, 0.25) is 15.9 Å². The molecule has 9 heteroatoms. The van der Waals surface area contributed by atoms with E-state index in [-0.39, 0.29) is 23.4 Å². The predicted octanol–water partition coefficient (Wildman–Crippen LogP) is 3.37. The number of carbonyl (C=O) groups is 1. The maximum atomic E-state index is 14.0. The SMILES string of the molecule is O=C(C1CCN(S(=O)(=O)Cc2ccc(Cl)cc2)CC1)N1CCN(c2ccccc2F)CC1. The van der Waals surface area contributed by atoms with E-state index < -0.39 is 10.0 Å². The van der Waals surface area contributed by atoms with Crippen LogP contribution in [0, 0.1) is 11.7 Å². The van der Waals surface area contributed by atoms with Gasteiger partial charge in [0.1, 0.15) is 5.82 Å². The van der Waals surface area contributed by atoms with Gasteiger partial charge in [-0.05, 0) is 42.7 Å². The van der Waals surface area contributed by atoms with Crippen LogP contribution in [0.25, 0.3) is 0 Å². The van der Waals surface area contributed by atoms with E-state index in [1.165, 1.54) is 10.4 Å². The highest BCUT2D eigenvalue weighted by Gasteiger charge is 2.34. The van der Waals surface area contributed by atoms with E-state index in [0.29, 0.717) is 68.4 Å². The monoisotopic (exact) mass is 479 g/mol. The molecule has 32 heavy (non-hydrogen) atoms. The number of halogens is 2. The first-order valence-corrected chi connectivity index (χ1v) is 12.8. The van der Waals surface area contributed by atoms with Crippen molar-refractivity contribution < 1.29 is 17.6 Å². The molecule has 0 N–H and O–H groups in total. The third-order valence-electron chi connectivity index (χ3n) is 6.24. The minimum Gasteiger partial charge on any atom is -0.366 e. The number of piperidine rings is 1. The summed E-state index contributed by atoms with van der Waals surface area (Å²) in [6.07, 6.45) is 1.04. The lowest BCUT2D eigenvalue weighted by atomic mass is 9.96. The van der Waals surface area contributed by atoms with Gasteiger partial charge in [0, 0.05) is 50.2 Å². The minimum absolute atomic E-state index is 0.0687. The Bertz CT molecular complexity index is 1050. The summed E-state index contributed by atoms with van der Waals surface area (Å²) in [7, 11) is -3.44. The third-order valence-corrected chi connectivity index (χ3v) is 8.35. The van der Waals surface area contributed by atoms with Crippen LogP contribution in [-0.4, -0.2) is 62.8 Å². The van der Waals surface area contributed by atoms with Crippen LogP contribution >= 0.6 is 11.6 Å². The van der Waals surface area contributed by atoms with Crippen LogP contribution in [0.3, 0.4) is 0 Å². The van der Waals surface area contributed by atoms with Gasteiger partial charge < -0.3 is 9.80 Å². The normalized spacial score (nSPS) is 18.7. The molecule has 2 aliphatic heterocycles. The van der Waals surface area contributed by atoms with Crippen LogP contribution in [0.4, 0.5) is 10.1 Å². The molecule has 2 fully saturated rings. The molecule has 0 aromatic heterocycles. The lowest BCUT2D eigenvalue weighted by Crippen LogP contribution is -2.52. The van der Waals surface area contributed by atoms with Gasteiger partial charge in [0.05, 0.1) is 11.4 Å². The van der Waals surface area contributed by atoms with Gasteiger partial charge >= 0.3 is 0 Å². The molecule has 2 aromatic rings. The Balaban J connectivity index is 1.28. The molecule has 4 rings (SSSR count). The van der Waals surface area contributed by atoms with Crippen molar-refractivity contribution in [1.29, 1.82) is 0 Å². The Morgan fingerprint density at radius 1 is 0.938 bits per heavy atom. The highest BCUT2D eigenvalue weighted by molar-refractivity contribution is 7.88. The van der Waals surface area contributed by atoms with Crippen LogP contribution in [0.15, 0.2) is 48.5 Å². The fourth-order valence-corrected chi connectivity index (χ4v) is 6.09. The molecule has 0 spiro atoms. The number of amides is 1. The molecule has 2 aromatic carbocycles. The first-order chi connectivity index (χ1) is 15.3. The van der Waals surface area contributed by atoms with Crippen molar-refractivity contribution in [2.45, 2.75) is 18.6 Å². The molecular weight excluding hydrogens is 453 g/mol. The highest BCUT2D eigenvalue weighted by atomic mass is 35.5. The number of piperazine rings is 1. The van der Waals surface area contributed by atoms with Gasteiger partial charge in [-0.2, -0.15) is 0 Å². The number of para-hydroxylation sites is 1. The first kappa shape index (κ1) is 23.0. The second-order valence-electron chi connectivity index (χ2n) is 8.32. The van der Waals surface area contributed by atoms with Crippen LogP contribution in [0.2, 0.25) is 5.02 Å². The van der Waals surface area contributed by atoms with E-state index in [2.05, 4.69) is 0 Å². The Hall–Kier alpha value is -2.16. The Labute approximate surface area is 193 Å². The maximum absolute atomic E-state index is 14.0. The maximum Gasteiger partial charge on any atom is 0.225 e. The Kier molecular flexibility index (Phi) is 7.02. The van der Waals surface area contributed by atoms with Gasteiger partial charge in [-0.3, -0.25) is 4.79 Å². The van der Waals surface area contributed by atoms with Gasteiger partial charge in [0.15, 0.2) is 0 Å². The predicted molar refractivity (Wildman–Crippen MR) is 124 cm³/mol. The Morgan fingerprint density at radius 2 is 1.56 bits per heavy atom. The number of rotatable bonds is 5. The second-order valence-corrected chi connectivity index (χ2v) is 10.7. The van der Waals surface area contributed by atoms with Crippen LogP contribution in [0.1, 0.15) is 18.4 Å². The van der Waals surface area contributed by atoms with Crippen molar-refractivity contribution in [3.8, 4) is 0 Å². The molecule has 0 radical (unpaired) electrons. The average molecular weight is 480 g/mol. The van der Waals surface area contributed by atoms with E-state index in [0.717, 1.165) is 0 Å². The van der Waals surface area contributed by atoms with E-state index in [1.807, 2.05) is 15.9 Å². The van der Waals surface area contributed by atoms with Crippen molar-refractivity contribution in [3.63, 3.8) is 0 Å². The molecule has 0 unspecified atom stereocenters. The lowest BCUT2D eigenvalue weighted by Gasteiger charge is -2.39. The van der Waals surface area contributed by atoms with Crippen LogP contribution in [0.5, 0.6) is 0 Å². The molecule has 2 saturated heterocycles. The zero-order valence-corrected chi connectivity index (χ0v) is 19.4. The van der Waals surface area contributed by atoms with Crippen molar-refractivity contribution in [1.82, 2.24) is 9.21 Å². The number of carbonyl (C=O) groups excluding carboxylic acids is 1. The number of hydrogen-bond donors (Lipinski definition) is 0. The van der Waals surface area contributed by atoms with Gasteiger partial charge in [-0.25, -0.2) is 17.1 Å². The topological polar surface area (TPSA) is 60.9 Å². The summed E-state index contributed by atoms with van der Waals surface area (Å²) in [5.41, 5.74) is 1.26. The van der Waals surface area contributed by atoms with Crippen molar-refractivity contribution in [3.05, 3.63) is 64.9 Å². The summed E-state index contributed by atoms with van der Waals surface area (Å²) in [4.78, 5) is 16.8. The molecule has 0 atom stereocenters. The molecular formula is C23H27ClFN3O3S. The minimum atomic E-state index is -3.44. The van der Waals surface area contributed by atoms with Gasteiger partial charge in [-0.1, -0.05) is 35.9 Å². The number of benzene rings is 2. The standard InChI is InChI=1S/C23H27ClFN3O3S/c24-20-7-5-18(6-8-20)17-32(30,31)28-11-9-19(10-12-28)23(29)27-15-13-26(14-16-27)22-4-2-1-3-21(22)25/h1-8,19H,9-17H2. The van der Waals surface area contributed by atoms with Crippen molar-refractivity contribution in [2.24, 2.45) is 5.92 Å². The lowest BCUT2D eigenvalue weighted by molar-refractivity contribution is -0.137. The van der Waals surface area contributed by atoms with E-state index >= 15 is 0 Å².